The first-order valence-corrected chi connectivity index (χ1v) is 6.41. The number of pyridine rings is 1. The van der Waals surface area contributed by atoms with Crippen LogP contribution in [-0.4, -0.2) is 15.6 Å². The lowest BCUT2D eigenvalue weighted by Crippen LogP contribution is -2.20. The highest BCUT2D eigenvalue weighted by Gasteiger charge is 2.31. The van der Waals surface area contributed by atoms with Gasteiger partial charge in [-0.25, -0.2) is 22.4 Å². The third-order valence-corrected chi connectivity index (χ3v) is 3.63. The first kappa shape index (κ1) is 14.6. The van der Waals surface area contributed by atoms with Crippen LogP contribution in [0.1, 0.15) is 41.2 Å². The quantitative estimate of drug-likeness (QED) is 0.885. The number of aromatic nitrogens is 1. The molecule has 116 valence electrons. The van der Waals surface area contributed by atoms with Crippen molar-refractivity contribution in [2.24, 2.45) is 0 Å². The topological polar surface area (TPSA) is 59.3 Å². The van der Waals surface area contributed by atoms with Crippen molar-refractivity contribution in [2.45, 2.75) is 25.3 Å². The zero-order valence-corrected chi connectivity index (χ0v) is 10.9. The summed E-state index contributed by atoms with van der Waals surface area (Å²) < 4.78 is 54.7. The van der Waals surface area contributed by atoms with Gasteiger partial charge in [0.25, 0.3) is 6.43 Å². The van der Waals surface area contributed by atoms with E-state index in [-0.39, 0.29) is 6.04 Å². The van der Waals surface area contributed by atoms with Gasteiger partial charge in [-0.1, -0.05) is 0 Å². The summed E-state index contributed by atoms with van der Waals surface area (Å²) in [4.78, 5) is 23.2. The van der Waals surface area contributed by atoms with Gasteiger partial charge in [-0.2, -0.15) is 0 Å². The zero-order valence-electron chi connectivity index (χ0n) is 10.9. The molecule has 22 heavy (non-hydrogen) atoms. The Balaban J connectivity index is 2.54. The van der Waals surface area contributed by atoms with Crippen molar-refractivity contribution in [3.8, 4) is 0 Å². The lowest BCUT2D eigenvalue weighted by molar-refractivity contribution is 0.0695. The molecule has 0 saturated heterocycles. The van der Waals surface area contributed by atoms with Crippen LogP contribution in [0.2, 0.25) is 0 Å². The molecular weight excluding hydrogens is 306 g/mol. The number of aromatic carboxylic acids is 1. The van der Waals surface area contributed by atoms with E-state index in [1.54, 1.807) is 0 Å². The molecule has 1 N–H and O–H groups in total. The molecule has 1 aromatic heterocycles. The lowest BCUT2D eigenvalue weighted by atomic mass is 10.1. The maximum atomic E-state index is 13.8. The first-order valence-electron chi connectivity index (χ1n) is 6.41. The molecule has 1 heterocycles. The zero-order chi connectivity index (χ0) is 16.2. The van der Waals surface area contributed by atoms with Crippen molar-refractivity contribution in [3.63, 3.8) is 0 Å². The number of nitrogens with zero attached hydrogens (tertiary/aromatic N) is 1. The number of carboxylic acids is 1. The number of hydrogen-bond donors (Lipinski definition) is 1. The van der Waals surface area contributed by atoms with E-state index >= 15 is 0 Å². The molecule has 1 aromatic carbocycles. The van der Waals surface area contributed by atoms with E-state index in [2.05, 4.69) is 0 Å². The second-order valence-corrected chi connectivity index (χ2v) is 5.10. The third-order valence-electron chi connectivity index (χ3n) is 3.63. The van der Waals surface area contributed by atoms with E-state index in [1.807, 2.05) is 0 Å². The van der Waals surface area contributed by atoms with E-state index in [1.165, 1.54) is 0 Å². The van der Waals surface area contributed by atoms with E-state index in [4.69, 9.17) is 5.11 Å². The summed E-state index contributed by atoms with van der Waals surface area (Å²) in [5.74, 6) is -4.88. The van der Waals surface area contributed by atoms with Crippen LogP contribution in [0.25, 0.3) is 10.9 Å². The summed E-state index contributed by atoms with van der Waals surface area (Å²) in [5, 5.41) is 8.47. The molecule has 1 fully saturated rings. The maximum absolute atomic E-state index is 13.8. The summed E-state index contributed by atoms with van der Waals surface area (Å²) in [7, 11) is 0. The van der Waals surface area contributed by atoms with Gasteiger partial charge in [0.15, 0.2) is 11.6 Å². The number of carbonyl (C=O) groups is 1. The first-order chi connectivity index (χ1) is 10.3. The van der Waals surface area contributed by atoms with Crippen LogP contribution in [0.3, 0.4) is 0 Å². The second-order valence-electron chi connectivity index (χ2n) is 5.10. The van der Waals surface area contributed by atoms with Crippen molar-refractivity contribution < 1.29 is 27.5 Å². The van der Waals surface area contributed by atoms with Gasteiger partial charge in [0.05, 0.1) is 16.5 Å². The van der Waals surface area contributed by atoms with Crippen molar-refractivity contribution in [3.05, 3.63) is 45.2 Å². The molecule has 0 bridgehead atoms. The minimum absolute atomic E-state index is 0.302. The molecule has 0 unspecified atom stereocenters. The number of hydrogen-bond acceptors (Lipinski definition) is 2. The molecule has 3 rings (SSSR count). The number of alkyl halides is 2. The predicted molar refractivity (Wildman–Crippen MR) is 68.3 cm³/mol. The van der Waals surface area contributed by atoms with Gasteiger partial charge in [0, 0.05) is 12.2 Å². The van der Waals surface area contributed by atoms with Crippen LogP contribution in [-0.2, 0) is 0 Å². The monoisotopic (exact) mass is 315 g/mol. The Morgan fingerprint density at radius 1 is 1.32 bits per heavy atom. The predicted octanol–water partition coefficient (Wildman–Crippen LogP) is 3.25. The smallest absolute Gasteiger partial charge is 0.341 e. The van der Waals surface area contributed by atoms with Crippen molar-refractivity contribution in [1.29, 1.82) is 0 Å². The number of benzene rings is 1. The average molecular weight is 315 g/mol. The molecule has 8 heteroatoms. The molecule has 2 aromatic rings. The normalized spacial score (nSPS) is 14.8. The summed E-state index contributed by atoms with van der Waals surface area (Å²) in [6.07, 6.45) is -1.25. The van der Waals surface area contributed by atoms with Crippen LogP contribution >= 0.6 is 0 Å². The summed E-state index contributed by atoms with van der Waals surface area (Å²) in [6, 6.07) is 0.174. The van der Waals surface area contributed by atoms with Crippen LogP contribution in [0.4, 0.5) is 17.6 Å². The molecule has 0 radical (unpaired) electrons. The Morgan fingerprint density at radius 3 is 2.45 bits per heavy atom. The van der Waals surface area contributed by atoms with E-state index in [0.29, 0.717) is 18.9 Å². The molecule has 0 spiro atoms. The molecule has 0 aliphatic heterocycles. The summed E-state index contributed by atoms with van der Waals surface area (Å²) in [6.45, 7) is 0. The van der Waals surface area contributed by atoms with E-state index in [0.717, 1.165) is 10.8 Å². The van der Waals surface area contributed by atoms with Crippen LogP contribution in [0.5, 0.6) is 0 Å². The molecular formula is C14H9F4NO3. The lowest BCUT2D eigenvalue weighted by Gasteiger charge is -2.16. The van der Waals surface area contributed by atoms with Gasteiger partial charge in [-0.15, -0.1) is 0 Å². The summed E-state index contributed by atoms with van der Waals surface area (Å²) in [5.41, 5.74) is -3.42. The Kier molecular flexibility index (Phi) is 3.19. The van der Waals surface area contributed by atoms with Gasteiger partial charge in [0.2, 0.25) is 5.43 Å². The van der Waals surface area contributed by atoms with Crippen molar-refractivity contribution in [2.75, 3.05) is 0 Å². The van der Waals surface area contributed by atoms with Gasteiger partial charge < -0.3 is 9.67 Å². The van der Waals surface area contributed by atoms with Gasteiger partial charge in [-0.05, 0) is 18.9 Å². The second kappa shape index (κ2) is 4.82. The van der Waals surface area contributed by atoms with E-state index in [9.17, 15) is 27.2 Å². The molecule has 0 atom stereocenters. The Bertz CT molecular complexity index is 856. The fraction of sp³-hybridized carbons (Fsp3) is 0.286. The largest absolute Gasteiger partial charge is 0.477 e. The number of carboxylic acid groups (broad SMARTS) is 1. The highest BCUT2D eigenvalue weighted by Crippen LogP contribution is 2.40. The molecule has 0 amide bonds. The molecule has 1 aliphatic rings. The Labute approximate surface area is 120 Å². The fourth-order valence-electron chi connectivity index (χ4n) is 2.49. The molecule has 1 aliphatic carbocycles. The van der Waals surface area contributed by atoms with Gasteiger partial charge in [0.1, 0.15) is 5.56 Å². The average Bonchev–Trinajstić information content (AvgIpc) is 3.25. The molecule has 4 nitrogen and oxygen atoms in total. The van der Waals surface area contributed by atoms with E-state index < -0.39 is 51.5 Å². The number of halogens is 4. The minimum Gasteiger partial charge on any atom is -0.477 e. The van der Waals surface area contributed by atoms with Crippen LogP contribution in [0.15, 0.2) is 17.1 Å². The minimum atomic E-state index is -3.33. The molecule has 1 saturated carbocycles. The van der Waals surface area contributed by atoms with Crippen molar-refractivity contribution in [1.82, 2.24) is 4.57 Å². The highest BCUT2D eigenvalue weighted by atomic mass is 19.3. The summed E-state index contributed by atoms with van der Waals surface area (Å²) >= 11 is 0. The highest BCUT2D eigenvalue weighted by molar-refractivity contribution is 5.93. The van der Waals surface area contributed by atoms with Crippen LogP contribution < -0.4 is 5.43 Å². The third kappa shape index (κ3) is 2.06. The number of rotatable bonds is 3. The number of fused-ring (bicyclic) bond motifs is 1. The fourth-order valence-corrected chi connectivity index (χ4v) is 2.49. The standard InChI is InChI=1S/C14H9F4NO3/c15-8-3-6-11(9(10(8)16)13(17)18)19(5-1-2-5)4-7(12(6)20)14(21)22/h3-5,13H,1-2H2,(H,21,22). The maximum Gasteiger partial charge on any atom is 0.341 e. The Morgan fingerprint density at radius 2 is 1.95 bits per heavy atom. The van der Waals surface area contributed by atoms with Crippen molar-refractivity contribution >= 4 is 16.9 Å². The SMILES string of the molecule is O=C(O)c1cn(C2CC2)c2c(C(F)F)c(F)c(F)cc2c1=O. The van der Waals surface area contributed by atoms with Gasteiger partial charge in [-0.3, -0.25) is 4.79 Å². The van der Waals surface area contributed by atoms with Gasteiger partial charge >= 0.3 is 5.97 Å². The Hall–Kier alpha value is -2.38. The van der Waals surface area contributed by atoms with Crippen LogP contribution in [0, 0.1) is 11.6 Å².